The van der Waals surface area contributed by atoms with E-state index in [-0.39, 0.29) is 4.83 Å². The molecule has 0 N–H and O–H groups in total. The topological polar surface area (TPSA) is 9.23 Å². The molecular weight excluding hydrogens is 359 g/mol. The van der Waals surface area contributed by atoms with E-state index in [1.807, 2.05) is 6.07 Å². The van der Waals surface area contributed by atoms with Crippen LogP contribution in [0.25, 0.3) is 0 Å². The summed E-state index contributed by atoms with van der Waals surface area (Å²) in [6, 6.07) is 9.96. The van der Waals surface area contributed by atoms with Crippen molar-refractivity contribution in [1.29, 1.82) is 0 Å². The van der Waals surface area contributed by atoms with E-state index in [9.17, 15) is 0 Å². The Balaban J connectivity index is 2.50. The number of ether oxygens (including phenoxy) is 1. The van der Waals surface area contributed by atoms with E-state index >= 15 is 0 Å². The number of hydrogen-bond acceptors (Lipinski definition) is 1. The third kappa shape index (κ3) is 3.13. The molecule has 0 aliphatic rings. The van der Waals surface area contributed by atoms with Gasteiger partial charge in [-0.2, -0.15) is 0 Å². The Labute approximate surface area is 138 Å². The quantitative estimate of drug-likeness (QED) is 0.590. The van der Waals surface area contributed by atoms with Crippen molar-refractivity contribution < 1.29 is 4.74 Å². The summed E-state index contributed by atoms with van der Waals surface area (Å²) in [5, 5.41) is 1.19. The van der Waals surface area contributed by atoms with Gasteiger partial charge < -0.3 is 4.74 Å². The fourth-order valence-corrected chi connectivity index (χ4v) is 3.61. The average Bonchev–Trinajstić information content (AvgIpc) is 2.42. The number of methoxy groups -OCH3 is 1. The van der Waals surface area contributed by atoms with Crippen LogP contribution in [0.4, 0.5) is 0 Å². The minimum Gasteiger partial charge on any atom is -0.495 e. The highest BCUT2D eigenvalue weighted by atomic mass is 79.9. The van der Waals surface area contributed by atoms with Gasteiger partial charge in [0.15, 0.2) is 0 Å². The third-order valence-corrected chi connectivity index (χ3v) is 4.86. The largest absolute Gasteiger partial charge is 0.495 e. The Morgan fingerprint density at radius 1 is 1.00 bits per heavy atom. The van der Waals surface area contributed by atoms with Crippen molar-refractivity contribution in [3.05, 3.63) is 62.6 Å². The van der Waals surface area contributed by atoms with Crippen LogP contribution in [0.2, 0.25) is 10.0 Å². The van der Waals surface area contributed by atoms with Crippen molar-refractivity contribution in [1.82, 2.24) is 0 Å². The van der Waals surface area contributed by atoms with Gasteiger partial charge >= 0.3 is 0 Å². The molecule has 0 saturated heterocycles. The summed E-state index contributed by atoms with van der Waals surface area (Å²) in [5.41, 5.74) is 4.55. The molecule has 106 valence electrons. The van der Waals surface area contributed by atoms with Crippen molar-refractivity contribution in [3.8, 4) is 5.75 Å². The molecule has 2 aromatic rings. The molecule has 2 aromatic carbocycles. The van der Waals surface area contributed by atoms with E-state index in [0.717, 1.165) is 5.56 Å². The maximum Gasteiger partial charge on any atom is 0.138 e. The van der Waals surface area contributed by atoms with E-state index < -0.39 is 0 Å². The lowest BCUT2D eigenvalue weighted by atomic mass is 9.98. The smallest absolute Gasteiger partial charge is 0.138 e. The van der Waals surface area contributed by atoms with Crippen molar-refractivity contribution in [3.63, 3.8) is 0 Å². The molecule has 1 atom stereocenters. The molecule has 4 heteroatoms. The van der Waals surface area contributed by atoms with Crippen LogP contribution < -0.4 is 4.74 Å². The molecule has 0 aliphatic carbocycles. The summed E-state index contributed by atoms with van der Waals surface area (Å²) in [6.45, 7) is 4.16. The standard InChI is InChI=1S/C16H15BrCl2O/c1-9-4-5-10(2)11(6-9)16(17)12-7-14(19)15(20-3)8-13(12)18/h4-8,16H,1-3H3. The number of benzene rings is 2. The second-order valence-electron chi connectivity index (χ2n) is 4.73. The molecular formula is C16H15BrCl2O. The third-order valence-electron chi connectivity index (χ3n) is 3.25. The Hall–Kier alpha value is -0.700. The number of rotatable bonds is 3. The van der Waals surface area contributed by atoms with Crippen molar-refractivity contribution in [2.75, 3.05) is 7.11 Å². The van der Waals surface area contributed by atoms with E-state index in [1.54, 1.807) is 13.2 Å². The molecule has 1 nitrogen and oxygen atoms in total. The van der Waals surface area contributed by atoms with Crippen LogP contribution in [0.15, 0.2) is 30.3 Å². The van der Waals surface area contributed by atoms with Crippen LogP contribution in [0, 0.1) is 13.8 Å². The lowest BCUT2D eigenvalue weighted by molar-refractivity contribution is 0.415. The second-order valence-corrected chi connectivity index (χ2v) is 6.46. The van der Waals surface area contributed by atoms with Gasteiger partial charge in [0.2, 0.25) is 0 Å². The van der Waals surface area contributed by atoms with Crippen molar-refractivity contribution >= 4 is 39.1 Å². The van der Waals surface area contributed by atoms with Gasteiger partial charge in [0, 0.05) is 11.1 Å². The molecule has 0 fully saturated rings. The predicted octanol–water partition coefficient (Wildman–Crippen LogP) is 6.10. The van der Waals surface area contributed by atoms with Crippen molar-refractivity contribution in [2.24, 2.45) is 0 Å². The van der Waals surface area contributed by atoms with Gasteiger partial charge in [0.05, 0.1) is 17.0 Å². The summed E-state index contributed by atoms with van der Waals surface area (Å²) in [4.78, 5) is -0.00157. The summed E-state index contributed by atoms with van der Waals surface area (Å²) in [6.07, 6.45) is 0. The van der Waals surface area contributed by atoms with Gasteiger partial charge in [-0.3, -0.25) is 0 Å². The van der Waals surface area contributed by atoms with Gasteiger partial charge in [-0.25, -0.2) is 0 Å². The first-order valence-electron chi connectivity index (χ1n) is 6.18. The molecule has 0 aliphatic heterocycles. The van der Waals surface area contributed by atoms with Crippen LogP contribution in [0.5, 0.6) is 5.75 Å². The number of hydrogen-bond donors (Lipinski definition) is 0. The fourth-order valence-electron chi connectivity index (χ4n) is 2.10. The van der Waals surface area contributed by atoms with Gasteiger partial charge in [-0.1, -0.05) is 62.9 Å². The van der Waals surface area contributed by atoms with Crippen molar-refractivity contribution in [2.45, 2.75) is 18.7 Å². The highest BCUT2D eigenvalue weighted by Crippen LogP contribution is 2.41. The first-order valence-corrected chi connectivity index (χ1v) is 7.85. The molecule has 0 radical (unpaired) electrons. The van der Waals surface area contributed by atoms with E-state index in [1.165, 1.54) is 16.7 Å². The summed E-state index contributed by atoms with van der Waals surface area (Å²) in [5.74, 6) is 0.584. The molecule has 0 heterocycles. The highest BCUT2D eigenvalue weighted by Gasteiger charge is 2.18. The lowest BCUT2D eigenvalue weighted by Gasteiger charge is -2.17. The molecule has 20 heavy (non-hydrogen) atoms. The monoisotopic (exact) mass is 372 g/mol. The maximum atomic E-state index is 6.35. The highest BCUT2D eigenvalue weighted by molar-refractivity contribution is 9.09. The van der Waals surface area contributed by atoms with Crippen LogP contribution >= 0.6 is 39.1 Å². The summed E-state index contributed by atoms with van der Waals surface area (Å²) >= 11 is 16.3. The zero-order chi connectivity index (χ0) is 14.9. The summed E-state index contributed by atoms with van der Waals surface area (Å²) in [7, 11) is 1.58. The van der Waals surface area contributed by atoms with Gasteiger partial charge in [-0.15, -0.1) is 0 Å². The molecule has 1 unspecified atom stereocenters. The first-order chi connectivity index (χ1) is 9.43. The van der Waals surface area contributed by atoms with Gasteiger partial charge in [-0.05, 0) is 36.6 Å². The Bertz CT molecular complexity index is 641. The Morgan fingerprint density at radius 2 is 1.70 bits per heavy atom. The van der Waals surface area contributed by atoms with E-state index in [4.69, 9.17) is 27.9 Å². The minimum absolute atomic E-state index is 0.00157. The fraction of sp³-hybridized carbons (Fsp3) is 0.250. The maximum absolute atomic E-state index is 6.35. The lowest BCUT2D eigenvalue weighted by Crippen LogP contribution is -1.98. The Morgan fingerprint density at radius 3 is 2.35 bits per heavy atom. The zero-order valence-corrected chi connectivity index (χ0v) is 14.6. The molecule has 0 aromatic heterocycles. The van der Waals surface area contributed by atoms with Crippen LogP contribution in [-0.2, 0) is 0 Å². The van der Waals surface area contributed by atoms with Gasteiger partial charge in [0.1, 0.15) is 5.75 Å². The van der Waals surface area contributed by atoms with E-state index in [2.05, 4.69) is 48.0 Å². The molecule has 0 spiro atoms. The van der Waals surface area contributed by atoms with E-state index in [0.29, 0.717) is 15.8 Å². The molecule has 2 rings (SSSR count). The minimum atomic E-state index is -0.00157. The molecule has 0 bridgehead atoms. The SMILES string of the molecule is COc1cc(Cl)c(C(Br)c2cc(C)ccc2C)cc1Cl. The number of alkyl halides is 1. The number of halogens is 3. The number of aryl methyl sites for hydroxylation is 2. The summed E-state index contributed by atoms with van der Waals surface area (Å²) < 4.78 is 5.18. The Kier molecular flexibility index (Phi) is 5.00. The molecule has 0 amide bonds. The van der Waals surface area contributed by atoms with Crippen LogP contribution in [0.1, 0.15) is 27.1 Å². The zero-order valence-electron chi connectivity index (χ0n) is 11.5. The first kappa shape index (κ1) is 15.7. The normalized spacial score (nSPS) is 12.3. The van der Waals surface area contributed by atoms with Crippen LogP contribution in [0.3, 0.4) is 0 Å². The van der Waals surface area contributed by atoms with Crippen LogP contribution in [-0.4, -0.2) is 7.11 Å². The average molecular weight is 374 g/mol. The van der Waals surface area contributed by atoms with Gasteiger partial charge in [0.25, 0.3) is 0 Å². The molecule has 0 saturated carbocycles. The second kappa shape index (κ2) is 6.38. The predicted molar refractivity (Wildman–Crippen MR) is 89.7 cm³/mol.